The van der Waals surface area contributed by atoms with Gasteiger partial charge in [0.1, 0.15) is 11.4 Å². The fourth-order valence-corrected chi connectivity index (χ4v) is 4.36. The van der Waals surface area contributed by atoms with Crippen molar-refractivity contribution in [2.75, 3.05) is 16.8 Å². The predicted molar refractivity (Wildman–Crippen MR) is 113 cm³/mol. The summed E-state index contributed by atoms with van der Waals surface area (Å²) in [6.45, 7) is 0.478. The molecule has 7 nitrogen and oxygen atoms in total. The summed E-state index contributed by atoms with van der Waals surface area (Å²) in [5.41, 5.74) is 1.07. The van der Waals surface area contributed by atoms with Crippen molar-refractivity contribution in [3.63, 3.8) is 0 Å². The van der Waals surface area contributed by atoms with E-state index in [-0.39, 0.29) is 17.9 Å². The average molecular weight is 402 g/mol. The molecule has 0 radical (unpaired) electrons. The highest BCUT2D eigenvalue weighted by atomic mass is 16.6. The van der Waals surface area contributed by atoms with Crippen LogP contribution < -0.4 is 10.2 Å². The van der Waals surface area contributed by atoms with Gasteiger partial charge in [0.25, 0.3) is 0 Å². The third kappa shape index (κ3) is 3.47. The van der Waals surface area contributed by atoms with E-state index in [0.29, 0.717) is 43.7 Å². The molecule has 1 N–H and O–H groups in total. The number of carbonyl (C=O) groups is 2. The van der Waals surface area contributed by atoms with Gasteiger partial charge in [-0.05, 0) is 49.9 Å². The number of hydrogen-bond donors (Lipinski definition) is 1. The van der Waals surface area contributed by atoms with Gasteiger partial charge in [0, 0.05) is 17.5 Å². The van der Waals surface area contributed by atoms with Crippen LogP contribution in [0.2, 0.25) is 0 Å². The molecule has 0 atom stereocenters. The average Bonchev–Trinajstić information content (AvgIpc) is 3.10. The lowest BCUT2D eigenvalue weighted by Crippen LogP contribution is -2.41. The quantitative estimate of drug-likeness (QED) is 0.711. The van der Waals surface area contributed by atoms with Crippen molar-refractivity contribution in [3.05, 3.63) is 60.9 Å². The van der Waals surface area contributed by atoms with Crippen LogP contribution >= 0.6 is 0 Å². The molecule has 0 unspecified atom stereocenters. The molecular formula is C23H22N4O3. The summed E-state index contributed by atoms with van der Waals surface area (Å²) in [5.74, 6) is 0.487. The van der Waals surface area contributed by atoms with Crippen molar-refractivity contribution in [1.29, 1.82) is 0 Å². The summed E-state index contributed by atoms with van der Waals surface area (Å²) in [5, 5.41) is 3.99. The lowest BCUT2D eigenvalue weighted by Gasteiger charge is -2.34. The van der Waals surface area contributed by atoms with Crippen molar-refractivity contribution in [1.82, 2.24) is 9.97 Å². The maximum Gasteiger partial charge on any atom is 0.416 e. The molecule has 2 fully saturated rings. The minimum Gasteiger partial charge on any atom is -0.441 e. The topological polar surface area (TPSA) is 84.4 Å². The summed E-state index contributed by atoms with van der Waals surface area (Å²) in [6, 6.07) is 15.2. The van der Waals surface area contributed by atoms with Crippen molar-refractivity contribution >= 4 is 34.4 Å². The van der Waals surface area contributed by atoms with Crippen molar-refractivity contribution in [2.24, 2.45) is 5.92 Å². The van der Waals surface area contributed by atoms with Crippen LogP contribution in [0.25, 0.3) is 10.9 Å². The highest BCUT2D eigenvalue weighted by Crippen LogP contribution is 2.40. The zero-order valence-corrected chi connectivity index (χ0v) is 16.5. The molecule has 2 amide bonds. The first-order valence-corrected chi connectivity index (χ1v) is 10.2. The Labute approximate surface area is 174 Å². The molecule has 2 aromatic heterocycles. The monoisotopic (exact) mass is 402 g/mol. The highest BCUT2D eigenvalue weighted by molar-refractivity contribution is 5.94. The first kappa shape index (κ1) is 18.5. The molecule has 1 aliphatic heterocycles. The van der Waals surface area contributed by atoms with E-state index in [0.717, 1.165) is 10.9 Å². The number of nitrogens with zero attached hydrogens (tertiary/aromatic N) is 3. The number of pyridine rings is 2. The number of carbonyl (C=O) groups excluding carboxylic acids is 2. The summed E-state index contributed by atoms with van der Waals surface area (Å²) in [7, 11) is 0. The van der Waals surface area contributed by atoms with Crippen molar-refractivity contribution in [3.8, 4) is 0 Å². The van der Waals surface area contributed by atoms with E-state index in [4.69, 9.17) is 4.74 Å². The standard InChI is InChI=1S/C23H22N4O3/c28-21(26-18-13-17-5-1-2-6-19(17)25-14-18)16-8-10-23(11-9-16)15-27(22(29)30-23)20-7-3-4-12-24-20/h1-7,12-14,16H,8-11,15H2,(H,26,28)/t16-,23-. The smallest absolute Gasteiger partial charge is 0.416 e. The Morgan fingerprint density at radius 2 is 1.90 bits per heavy atom. The third-order valence-corrected chi connectivity index (χ3v) is 6.02. The van der Waals surface area contributed by atoms with E-state index in [1.807, 2.05) is 42.5 Å². The van der Waals surface area contributed by atoms with Crippen molar-refractivity contribution < 1.29 is 14.3 Å². The molecule has 1 saturated carbocycles. The summed E-state index contributed by atoms with van der Waals surface area (Å²) >= 11 is 0. The van der Waals surface area contributed by atoms with Gasteiger partial charge in [0.15, 0.2) is 0 Å². The Morgan fingerprint density at radius 1 is 1.10 bits per heavy atom. The Hall–Kier alpha value is -3.48. The van der Waals surface area contributed by atoms with Crippen LogP contribution in [0.4, 0.5) is 16.3 Å². The molecule has 5 rings (SSSR count). The summed E-state index contributed by atoms with van der Waals surface area (Å²) in [6.07, 6.45) is 5.67. The highest BCUT2D eigenvalue weighted by Gasteiger charge is 2.48. The van der Waals surface area contributed by atoms with Crippen LogP contribution in [0, 0.1) is 5.92 Å². The molecule has 3 aromatic rings. The number of benzene rings is 1. The first-order valence-electron chi connectivity index (χ1n) is 10.2. The SMILES string of the molecule is O=C1O[C@]2(CC[C@H](C(=O)Nc3cnc4ccccc4c3)CC2)CN1c1ccccn1. The lowest BCUT2D eigenvalue weighted by molar-refractivity contribution is -0.122. The number of nitrogens with one attached hydrogen (secondary N) is 1. The van der Waals surface area contributed by atoms with Crippen LogP contribution in [0.1, 0.15) is 25.7 Å². The second kappa shape index (κ2) is 7.40. The largest absolute Gasteiger partial charge is 0.441 e. The van der Waals surface area contributed by atoms with Crippen LogP contribution in [0.3, 0.4) is 0 Å². The third-order valence-electron chi connectivity index (χ3n) is 6.02. The maximum atomic E-state index is 12.8. The molecule has 152 valence electrons. The minimum absolute atomic E-state index is 0.00663. The van der Waals surface area contributed by atoms with E-state index in [9.17, 15) is 9.59 Å². The molecule has 2 aliphatic rings. The molecule has 1 spiro atoms. The van der Waals surface area contributed by atoms with Gasteiger partial charge in [-0.2, -0.15) is 0 Å². The number of amides is 2. The van der Waals surface area contributed by atoms with Gasteiger partial charge in [-0.3, -0.25) is 14.7 Å². The van der Waals surface area contributed by atoms with Gasteiger partial charge in [-0.15, -0.1) is 0 Å². The van der Waals surface area contributed by atoms with Gasteiger partial charge in [0.2, 0.25) is 5.91 Å². The zero-order chi connectivity index (χ0) is 20.6. The van der Waals surface area contributed by atoms with E-state index in [1.54, 1.807) is 23.4 Å². The van der Waals surface area contributed by atoms with Gasteiger partial charge >= 0.3 is 6.09 Å². The number of fused-ring (bicyclic) bond motifs is 1. The normalized spacial score (nSPS) is 23.5. The second-order valence-corrected chi connectivity index (χ2v) is 8.01. The van der Waals surface area contributed by atoms with Crippen molar-refractivity contribution in [2.45, 2.75) is 31.3 Å². The summed E-state index contributed by atoms with van der Waals surface area (Å²) < 4.78 is 5.76. The van der Waals surface area contributed by atoms with Gasteiger partial charge in [-0.1, -0.05) is 24.3 Å². The number of ether oxygens (including phenoxy) is 1. The Balaban J connectivity index is 1.22. The lowest BCUT2D eigenvalue weighted by atomic mass is 9.78. The number of para-hydroxylation sites is 1. The van der Waals surface area contributed by atoms with Crippen LogP contribution in [0.15, 0.2) is 60.9 Å². The Bertz CT molecular complexity index is 1090. The van der Waals surface area contributed by atoms with Crippen LogP contribution in [-0.4, -0.2) is 34.1 Å². The molecule has 1 aromatic carbocycles. The van der Waals surface area contributed by atoms with Gasteiger partial charge < -0.3 is 10.1 Å². The molecule has 3 heterocycles. The second-order valence-electron chi connectivity index (χ2n) is 8.01. The fraction of sp³-hybridized carbons (Fsp3) is 0.304. The molecule has 1 saturated heterocycles. The van der Waals surface area contributed by atoms with Crippen LogP contribution in [-0.2, 0) is 9.53 Å². The van der Waals surface area contributed by atoms with Crippen LogP contribution in [0.5, 0.6) is 0 Å². The van der Waals surface area contributed by atoms with Gasteiger partial charge in [-0.25, -0.2) is 9.78 Å². The predicted octanol–water partition coefficient (Wildman–Crippen LogP) is 4.15. The Kier molecular flexibility index (Phi) is 4.58. The van der Waals surface area contributed by atoms with E-state index >= 15 is 0 Å². The molecule has 7 heteroatoms. The molecule has 0 bridgehead atoms. The first-order chi connectivity index (χ1) is 14.6. The number of hydrogen-bond acceptors (Lipinski definition) is 5. The van der Waals surface area contributed by atoms with E-state index in [2.05, 4.69) is 15.3 Å². The molecular weight excluding hydrogens is 380 g/mol. The van der Waals surface area contributed by atoms with E-state index in [1.165, 1.54) is 0 Å². The maximum absolute atomic E-state index is 12.8. The molecule has 30 heavy (non-hydrogen) atoms. The number of aromatic nitrogens is 2. The molecule has 1 aliphatic carbocycles. The fourth-order valence-electron chi connectivity index (χ4n) is 4.36. The Morgan fingerprint density at radius 3 is 2.70 bits per heavy atom. The number of rotatable bonds is 3. The van der Waals surface area contributed by atoms with Gasteiger partial charge in [0.05, 0.1) is 23.9 Å². The number of anilines is 2. The summed E-state index contributed by atoms with van der Waals surface area (Å²) in [4.78, 5) is 35.4. The zero-order valence-electron chi connectivity index (χ0n) is 16.5. The van der Waals surface area contributed by atoms with E-state index < -0.39 is 5.60 Å². The minimum atomic E-state index is -0.532.